The molecule has 0 atom stereocenters. The van der Waals surface area contributed by atoms with Crippen LogP contribution < -0.4 is 0 Å². The van der Waals surface area contributed by atoms with Gasteiger partial charge in [-0.15, -0.1) is 0 Å². The Morgan fingerprint density at radius 1 is 1.13 bits per heavy atom. The number of rotatable bonds is 6. The molecule has 1 aliphatic rings. The molecule has 0 saturated carbocycles. The highest BCUT2D eigenvalue weighted by Gasteiger charge is 2.21. The van der Waals surface area contributed by atoms with E-state index in [2.05, 4.69) is 30.9 Å². The van der Waals surface area contributed by atoms with Crippen LogP contribution in [0.5, 0.6) is 0 Å². The predicted molar refractivity (Wildman–Crippen MR) is 117 cm³/mol. The molecular weight excluding hydrogens is 390 g/mol. The van der Waals surface area contributed by atoms with E-state index < -0.39 is 0 Å². The molecule has 1 amide bonds. The van der Waals surface area contributed by atoms with Crippen molar-refractivity contribution in [2.45, 2.75) is 19.8 Å². The molecule has 0 aliphatic carbocycles. The molecule has 31 heavy (non-hydrogen) atoms. The van der Waals surface area contributed by atoms with Gasteiger partial charge in [0.15, 0.2) is 11.5 Å². The van der Waals surface area contributed by atoms with Crippen LogP contribution in [0.3, 0.4) is 0 Å². The lowest BCUT2D eigenvalue weighted by Crippen LogP contribution is -2.49. The first-order valence-electron chi connectivity index (χ1n) is 10.4. The second-order valence-electron chi connectivity index (χ2n) is 7.75. The number of carbonyl (C=O) groups is 1. The summed E-state index contributed by atoms with van der Waals surface area (Å²) in [6.45, 7) is 13.4. The molecule has 0 N–H and O–H groups in total. The average Bonchev–Trinajstić information content (AvgIpc) is 3.33. The normalized spacial score (nSPS) is 14.4. The predicted octanol–water partition coefficient (Wildman–Crippen LogP) is 2.45. The number of benzene rings is 1. The number of aryl methyl sites for hydroxylation is 1. The Morgan fingerprint density at radius 3 is 2.58 bits per heavy atom. The minimum absolute atomic E-state index is 0.139. The maximum Gasteiger partial charge on any atom is 0.227 e. The summed E-state index contributed by atoms with van der Waals surface area (Å²) in [6.07, 6.45) is 6.10. The number of hydrogen-bond donors (Lipinski definition) is 0. The molecule has 1 aliphatic heterocycles. The number of pyridine rings is 1. The van der Waals surface area contributed by atoms with Gasteiger partial charge < -0.3 is 4.90 Å². The summed E-state index contributed by atoms with van der Waals surface area (Å²) in [7, 11) is 0. The first-order chi connectivity index (χ1) is 15.1. The van der Waals surface area contributed by atoms with Gasteiger partial charge in [0.25, 0.3) is 0 Å². The molecule has 1 saturated heterocycles. The van der Waals surface area contributed by atoms with E-state index >= 15 is 0 Å². The number of piperazine rings is 1. The van der Waals surface area contributed by atoms with Crippen LogP contribution in [0.1, 0.15) is 16.7 Å². The Hall–Kier alpha value is -3.57. The van der Waals surface area contributed by atoms with Crippen molar-refractivity contribution < 1.29 is 4.79 Å². The van der Waals surface area contributed by atoms with Gasteiger partial charge >= 0.3 is 0 Å². The lowest BCUT2D eigenvalue weighted by Gasteiger charge is -2.34. The summed E-state index contributed by atoms with van der Waals surface area (Å²) in [5, 5.41) is 4.06. The van der Waals surface area contributed by atoms with Crippen LogP contribution in [0.4, 0.5) is 5.69 Å². The number of carbonyl (C=O) groups excluding carboxylic acids is 1. The SMILES string of the molecule is [C-]#[N+]c1ccc(CCN2CCN(C(=O)Cc3ccc(-n4cncn4)nc3)CC2)cc1C. The Kier molecular flexibility index (Phi) is 6.34. The van der Waals surface area contributed by atoms with E-state index in [1.807, 2.05) is 36.1 Å². The van der Waals surface area contributed by atoms with Crippen molar-refractivity contribution >= 4 is 11.6 Å². The molecule has 8 heteroatoms. The lowest BCUT2D eigenvalue weighted by atomic mass is 10.1. The smallest absolute Gasteiger partial charge is 0.227 e. The highest BCUT2D eigenvalue weighted by molar-refractivity contribution is 5.78. The van der Waals surface area contributed by atoms with Crippen LogP contribution in [0.25, 0.3) is 10.7 Å². The van der Waals surface area contributed by atoms with Gasteiger partial charge in [-0.2, -0.15) is 5.10 Å². The Balaban J connectivity index is 1.23. The molecule has 3 heterocycles. The van der Waals surface area contributed by atoms with Crippen LogP contribution in [-0.4, -0.2) is 68.2 Å². The van der Waals surface area contributed by atoms with Gasteiger partial charge in [0.2, 0.25) is 5.91 Å². The highest BCUT2D eigenvalue weighted by atomic mass is 16.2. The molecule has 4 rings (SSSR count). The van der Waals surface area contributed by atoms with Gasteiger partial charge in [-0.25, -0.2) is 19.5 Å². The van der Waals surface area contributed by atoms with E-state index in [4.69, 9.17) is 6.57 Å². The van der Waals surface area contributed by atoms with Gasteiger partial charge in [0.1, 0.15) is 12.7 Å². The highest BCUT2D eigenvalue weighted by Crippen LogP contribution is 2.20. The molecule has 2 aromatic heterocycles. The van der Waals surface area contributed by atoms with E-state index in [0.717, 1.165) is 56.0 Å². The molecular formula is C23H25N7O. The fraction of sp³-hybridized carbons (Fsp3) is 0.348. The van der Waals surface area contributed by atoms with E-state index in [0.29, 0.717) is 12.2 Å². The molecule has 3 aromatic rings. The first-order valence-corrected chi connectivity index (χ1v) is 10.4. The van der Waals surface area contributed by atoms with Crippen molar-refractivity contribution in [1.29, 1.82) is 0 Å². The third kappa shape index (κ3) is 5.13. The van der Waals surface area contributed by atoms with Crippen LogP contribution >= 0.6 is 0 Å². The maximum atomic E-state index is 12.7. The van der Waals surface area contributed by atoms with E-state index in [-0.39, 0.29) is 5.91 Å². The van der Waals surface area contributed by atoms with E-state index in [1.165, 1.54) is 11.9 Å². The van der Waals surface area contributed by atoms with E-state index in [9.17, 15) is 4.79 Å². The zero-order valence-corrected chi connectivity index (χ0v) is 17.6. The summed E-state index contributed by atoms with van der Waals surface area (Å²) in [5.41, 5.74) is 3.91. The topological polar surface area (TPSA) is 71.5 Å². The van der Waals surface area contributed by atoms with Gasteiger partial charge in [-0.3, -0.25) is 9.69 Å². The van der Waals surface area contributed by atoms with Crippen LogP contribution in [0, 0.1) is 13.5 Å². The van der Waals surface area contributed by atoms with E-state index in [1.54, 1.807) is 17.2 Å². The van der Waals surface area contributed by atoms with Crippen LogP contribution in [0.2, 0.25) is 0 Å². The summed E-state index contributed by atoms with van der Waals surface area (Å²) in [5.74, 6) is 0.821. The third-order valence-electron chi connectivity index (χ3n) is 5.64. The Labute approximate surface area is 182 Å². The van der Waals surface area contributed by atoms with Gasteiger partial charge in [-0.05, 0) is 36.1 Å². The third-order valence-corrected chi connectivity index (χ3v) is 5.64. The first kappa shape index (κ1) is 20.7. The lowest BCUT2D eigenvalue weighted by molar-refractivity contribution is -0.132. The average molecular weight is 416 g/mol. The van der Waals surface area contributed by atoms with Crippen molar-refractivity contribution in [3.63, 3.8) is 0 Å². The summed E-state index contributed by atoms with van der Waals surface area (Å²) >= 11 is 0. The summed E-state index contributed by atoms with van der Waals surface area (Å²) < 4.78 is 1.59. The second-order valence-corrected chi connectivity index (χ2v) is 7.75. The molecule has 0 spiro atoms. The molecule has 1 fully saturated rings. The number of hydrogen-bond acceptors (Lipinski definition) is 5. The van der Waals surface area contributed by atoms with Crippen molar-refractivity contribution in [1.82, 2.24) is 29.5 Å². The molecule has 1 aromatic carbocycles. The van der Waals surface area contributed by atoms with Crippen LogP contribution in [-0.2, 0) is 17.6 Å². The maximum absolute atomic E-state index is 12.7. The standard InChI is InChI=1S/C23H25N7O/c1-18-13-19(3-5-21(18)24-2)7-8-28-9-11-29(12-10-28)23(31)14-20-4-6-22(26-15-20)30-17-25-16-27-30/h3-6,13,15-17H,7-12,14H2,1H3. The minimum Gasteiger partial charge on any atom is -0.340 e. The zero-order valence-electron chi connectivity index (χ0n) is 17.6. The monoisotopic (exact) mass is 415 g/mol. The van der Waals surface area contributed by atoms with Gasteiger partial charge in [0.05, 0.1) is 13.0 Å². The largest absolute Gasteiger partial charge is 0.340 e. The van der Waals surface area contributed by atoms with Gasteiger partial charge in [0, 0.05) is 38.9 Å². The Bertz CT molecular complexity index is 1060. The molecule has 8 nitrogen and oxygen atoms in total. The fourth-order valence-electron chi connectivity index (χ4n) is 3.78. The number of nitrogens with zero attached hydrogens (tertiary/aromatic N) is 7. The van der Waals surface area contributed by atoms with Crippen LogP contribution in [0.15, 0.2) is 49.2 Å². The molecule has 0 bridgehead atoms. The second kappa shape index (κ2) is 9.49. The van der Waals surface area contributed by atoms with Gasteiger partial charge in [-0.1, -0.05) is 24.3 Å². The minimum atomic E-state index is 0.139. The molecule has 0 unspecified atom stereocenters. The van der Waals surface area contributed by atoms with Crippen molar-refractivity contribution in [2.75, 3.05) is 32.7 Å². The number of amides is 1. The quantitative estimate of drug-likeness (QED) is 0.579. The van der Waals surface area contributed by atoms with Crippen molar-refractivity contribution in [3.05, 3.63) is 77.3 Å². The van der Waals surface area contributed by atoms with Crippen molar-refractivity contribution in [2.24, 2.45) is 0 Å². The zero-order chi connectivity index (χ0) is 21.6. The summed E-state index contributed by atoms with van der Waals surface area (Å²) in [4.78, 5) is 28.8. The Morgan fingerprint density at radius 2 is 1.94 bits per heavy atom. The molecule has 0 radical (unpaired) electrons. The number of aromatic nitrogens is 4. The fourth-order valence-corrected chi connectivity index (χ4v) is 3.78. The molecule has 158 valence electrons. The summed E-state index contributed by atoms with van der Waals surface area (Å²) in [6, 6.07) is 9.82. The van der Waals surface area contributed by atoms with Crippen molar-refractivity contribution in [3.8, 4) is 5.82 Å².